The van der Waals surface area contributed by atoms with Gasteiger partial charge in [-0.3, -0.25) is 26.6 Å². The van der Waals surface area contributed by atoms with Crippen molar-refractivity contribution in [1.29, 1.82) is 0 Å². The molecule has 1 unspecified atom stereocenters. The summed E-state index contributed by atoms with van der Waals surface area (Å²) in [6.45, 7) is -0.960. The Labute approximate surface area is 228 Å². The zero-order chi connectivity index (χ0) is 20.9. The summed E-state index contributed by atoms with van der Waals surface area (Å²) in [4.78, 5) is 54.0. The third-order valence-electron chi connectivity index (χ3n) is 3.66. The van der Waals surface area contributed by atoms with Crippen molar-refractivity contribution in [2.24, 2.45) is 0 Å². The number of anilines is 1. The molecule has 0 amide bonds. The summed E-state index contributed by atoms with van der Waals surface area (Å²) in [7, 11) is -11.1. The topological polar surface area (TPSA) is 266 Å². The third kappa shape index (κ3) is 8.12. The molecule has 5 N–H and O–H groups in total. The summed E-state index contributed by atoms with van der Waals surface area (Å²) in [6.07, 6.45) is -5.07. The molecule has 1 fully saturated rings. The molecule has 32 heavy (non-hydrogen) atoms. The van der Waals surface area contributed by atoms with Crippen molar-refractivity contribution in [3.63, 3.8) is 0 Å². The minimum absolute atomic E-state index is 0. The van der Waals surface area contributed by atoms with Crippen molar-refractivity contribution in [2.45, 2.75) is 24.5 Å². The number of nitrogens with zero attached hydrogens (tertiary/aromatic N) is 4. The number of aliphatic hydroxyl groups excluding tert-OH is 2. The number of nitrogens with one attached hydrogen (secondary N) is 1. The summed E-state index contributed by atoms with van der Waals surface area (Å²) in [5.41, 5.74) is 4.58. The summed E-state index contributed by atoms with van der Waals surface area (Å²) in [6, 6.07) is 0. The van der Waals surface area contributed by atoms with E-state index < -0.39 is 52.3 Å². The molecule has 1 aliphatic heterocycles. The monoisotopic (exact) mass is 466 g/mol. The number of rotatable bonds is 6. The van der Waals surface area contributed by atoms with E-state index in [0.717, 1.165) is 10.9 Å². The Morgan fingerprint density at radius 3 is 2.41 bits per heavy atom. The van der Waals surface area contributed by atoms with Crippen LogP contribution in [-0.4, -0.2) is 54.7 Å². The van der Waals surface area contributed by atoms with E-state index >= 15 is 0 Å². The Morgan fingerprint density at radius 1 is 1.25 bits per heavy atom. The second kappa shape index (κ2) is 13.1. The molecule has 22 heteroatoms. The normalized spacial score (nSPS) is 24.4. The first-order valence-electron chi connectivity index (χ1n) is 7.32. The number of aromatic amines is 1. The maximum Gasteiger partial charge on any atom is 1.00 e. The zero-order valence-corrected chi connectivity index (χ0v) is 19.3. The van der Waals surface area contributed by atoms with Crippen LogP contribution in [0.5, 0.6) is 0 Å². The molecule has 0 aromatic carbocycles. The van der Waals surface area contributed by atoms with E-state index in [1.807, 2.05) is 0 Å². The number of aliphatic hydroxyl groups is 2. The van der Waals surface area contributed by atoms with E-state index in [1.165, 1.54) is 0 Å². The number of nitrogen functional groups attached to an aromatic ring is 1. The van der Waals surface area contributed by atoms with Gasteiger partial charge in [0.05, 0.1) is 12.9 Å². The SMILES string of the molecule is [Li+].[Li+].[Li+].[Li+].[N-]=P([O-])([O-])OP(=O)([O-])OC[C@H]1O[C@@H](n2cnc3c(=O)[nH]c(N)nc32)[C@H](O)[C@@H]1O. The fraction of sp³-hybridized carbons (Fsp3) is 0.500. The standard InChI is InChI=1S/C10H14N6O10P2.4Li/c11-10-14-7-4(8(19)15-10)13-2-16(7)9-6(18)5(17)3(25-9)1-24-28(22,23)26-27(12,20)21;;;;/h2-3,5-6,9,17-18H,1H2,(H5-2,11,12,14,15,19,20,21,22,23);;;;/q-2;4*+1/p-2/t3-,5-,6-,9-;;;;/m1..../s1. The second-order valence-electron chi connectivity index (χ2n) is 5.61. The number of ether oxygens (including phenoxy) is 1. The molecule has 156 valence electrons. The van der Waals surface area contributed by atoms with Crippen molar-refractivity contribution in [1.82, 2.24) is 19.5 Å². The fourth-order valence-corrected chi connectivity index (χ4v) is 4.07. The smallest absolute Gasteiger partial charge is 0.837 e. The molecule has 1 saturated heterocycles. The van der Waals surface area contributed by atoms with Gasteiger partial charge in [-0.2, -0.15) is 4.98 Å². The Kier molecular flexibility index (Phi) is 14.3. The van der Waals surface area contributed by atoms with Gasteiger partial charge < -0.3 is 49.4 Å². The van der Waals surface area contributed by atoms with Gasteiger partial charge in [0.2, 0.25) is 5.95 Å². The molecule has 1 aliphatic rings. The zero-order valence-electron chi connectivity index (χ0n) is 17.5. The van der Waals surface area contributed by atoms with Crippen molar-refractivity contribution >= 4 is 32.7 Å². The minimum atomic E-state index is -5.63. The van der Waals surface area contributed by atoms with Gasteiger partial charge in [-0.15, -0.1) is 0 Å². The van der Waals surface area contributed by atoms with Crippen LogP contribution in [-0.2, 0) is 18.1 Å². The molecule has 2 aromatic rings. The number of hydrogen-bond donors (Lipinski definition) is 4. The van der Waals surface area contributed by atoms with Crippen molar-refractivity contribution in [2.75, 3.05) is 12.3 Å². The maximum absolute atomic E-state index is 11.8. The first-order valence-corrected chi connectivity index (χ1v) is 10.3. The fourth-order valence-electron chi connectivity index (χ4n) is 2.54. The van der Waals surface area contributed by atoms with Gasteiger partial charge in [0, 0.05) is 0 Å². The Balaban J connectivity index is 0. The van der Waals surface area contributed by atoms with Crippen LogP contribution in [0, 0.1) is 0 Å². The summed E-state index contributed by atoms with van der Waals surface area (Å²) in [5.74, 6) is -0.248. The molecular weight excluding hydrogens is 454 g/mol. The number of fused-ring (bicyclic) bond motifs is 1. The van der Waals surface area contributed by atoms with E-state index in [2.05, 4.69) is 23.8 Å². The summed E-state index contributed by atoms with van der Waals surface area (Å²) >= 11 is 0. The van der Waals surface area contributed by atoms with Crippen molar-refractivity contribution < 1.29 is 118 Å². The van der Waals surface area contributed by atoms with Gasteiger partial charge in [-0.1, -0.05) is 0 Å². The number of phosphoric ester groups is 1. The Hall–Kier alpha value is 0.680. The minimum Gasteiger partial charge on any atom is -0.837 e. The molecule has 3 heterocycles. The Bertz CT molecular complexity index is 1050. The quantitative estimate of drug-likeness (QED) is 0.228. The Morgan fingerprint density at radius 2 is 1.84 bits per heavy atom. The number of phosphoric acid groups is 1. The van der Waals surface area contributed by atoms with E-state index in [9.17, 15) is 34.3 Å². The van der Waals surface area contributed by atoms with Crippen LogP contribution in [0.2, 0.25) is 0 Å². The molecule has 0 spiro atoms. The van der Waals surface area contributed by atoms with Gasteiger partial charge in [-0.05, 0) is 0 Å². The molecule has 0 bridgehead atoms. The predicted octanol–water partition coefficient (Wildman–Crippen LogP) is -15.9. The van der Waals surface area contributed by atoms with Crippen LogP contribution in [0.15, 0.2) is 11.1 Å². The van der Waals surface area contributed by atoms with Crippen LogP contribution in [0.1, 0.15) is 6.23 Å². The third-order valence-corrected chi connectivity index (χ3v) is 5.75. The molecule has 0 radical (unpaired) electrons. The number of H-pyrrole nitrogens is 1. The van der Waals surface area contributed by atoms with Crippen molar-refractivity contribution in [3.05, 3.63) is 21.8 Å². The van der Waals surface area contributed by atoms with E-state index in [-0.39, 0.29) is 92.6 Å². The molecule has 5 atom stereocenters. The van der Waals surface area contributed by atoms with Gasteiger partial charge in [-0.25, -0.2) is 4.98 Å². The molecule has 16 nitrogen and oxygen atoms in total. The van der Waals surface area contributed by atoms with E-state index in [1.54, 1.807) is 0 Å². The number of hydrogen-bond acceptors (Lipinski definition) is 13. The van der Waals surface area contributed by atoms with Gasteiger partial charge in [0.1, 0.15) is 18.3 Å². The molecular formula is C10H12Li4N6O10P2. The van der Waals surface area contributed by atoms with Crippen LogP contribution >= 0.6 is 15.6 Å². The molecule has 2 aromatic heterocycles. The van der Waals surface area contributed by atoms with Crippen LogP contribution < -0.4 is 101 Å². The van der Waals surface area contributed by atoms with Gasteiger partial charge in [0.15, 0.2) is 17.4 Å². The first-order chi connectivity index (χ1) is 12.9. The van der Waals surface area contributed by atoms with Gasteiger partial charge in [0.25, 0.3) is 13.4 Å². The first kappa shape index (κ1) is 34.8. The predicted molar refractivity (Wildman–Crippen MR) is 83.4 cm³/mol. The summed E-state index contributed by atoms with van der Waals surface area (Å²) in [5, 5.41) is 28.6. The number of imidazole rings is 1. The van der Waals surface area contributed by atoms with Crippen molar-refractivity contribution in [3.8, 4) is 0 Å². The van der Waals surface area contributed by atoms with Crippen LogP contribution in [0.4, 0.5) is 5.95 Å². The maximum atomic E-state index is 11.8. The molecule has 0 saturated carbocycles. The van der Waals surface area contributed by atoms with Gasteiger partial charge >= 0.3 is 75.4 Å². The second-order valence-corrected chi connectivity index (χ2v) is 8.36. The molecule has 0 aliphatic carbocycles. The largest absolute Gasteiger partial charge is 1.00 e. The van der Waals surface area contributed by atoms with E-state index in [0.29, 0.717) is 0 Å². The number of aromatic nitrogens is 4. The molecule has 3 rings (SSSR count). The number of nitrogens with two attached hydrogens (primary N) is 1. The summed E-state index contributed by atoms with van der Waals surface area (Å²) < 4.78 is 25.4. The average Bonchev–Trinajstić information content (AvgIpc) is 3.06. The average molecular weight is 466 g/mol. The van der Waals surface area contributed by atoms with E-state index in [4.69, 9.17) is 15.6 Å². The van der Waals surface area contributed by atoms with Crippen LogP contribution in [0.3, 0.4) is 0 Å². The van der Waals surface area contributed by atoms with Crippen LogP contribution in [0.25, 0.3) is 16.3 Å².